The molecule has 2 N–H and O–H groups in total. The van der Waals surface area contributed by atoms with Gasteiger partial charge in [-0.1, -0.05) is 23.9 Å². The van der Waals surface area contributed by atoms with Crippen LogP contribution < -0.4 is 10.5 Å². The van der Waals surface area contributed by atoms with Crippen LogP contribution in [0.2, 0.25) is 0 Å². The lowest BCUT2D eigenvalue weighted by Gasteiger charge is -2.34. The van der Waals surface area contributed by atoms with Crippen LogP contribution in [0.5, 0.6) is 5.75 Å². The summed E-state index contributed by atoms with van der Waals surface area (Å²) in [4.78, 5) is 14.4. The summed E-state index contributed by atoms with van der Waals surface area (Å²) in [6, 6.07) is 16.0. The van der Waals surface area contributed by atoms with E-state index in [0.29, 0.717) is 26.1 Å². The van der Waals surface area contributed by atoms with E-state index in [-0.39, 0.29) is 5.91 Å². The monoisotopic (exact) mass is 343 g/mol. The summed E-state index contributed by atoms with van der Waals surface area (Å²) in [5.74, 6) is 0.570. The average molecular weight is 343 g/mol. The molecule has 24 heavy (non-hydrogen) atoms. The van der Waals surface area contributed by atoms with Gasteiger partial charge in [0.05, 0.1) is 12.5 Å². The van der Waals surface area contributed by atoms with Crippen LogP contribution in [0.4, 0.5) is 0 Å². The van der Waals surface area contributed by atoms with Gasteiger partial charge >= 0.3 is 0 Å². The maximum Gasteiger partial charge on any atom is 0.228 e. The lowest BCUT2D eigenvalue weighted by molar-refractivity contribution is -0.127. The number of hydrogen-bond donors (Lipinski definition) is 1. The predicted octanol–water partition coefficient (Wildman–Crippen LogP) is 3.38. The number of benzene rings is 2. The summed E-state index contributed by atoms with van der Waals surface area (Å²) in [7, 11) is 1.66. The second-order valence-corrected chi connectivity index (χ2v) is 7.01. The van der Waals surface area contributed by atoms with E-state index in [1.54, 1.807) is 18.9 Å². The maximum absolute atomic E-state index is 12.2. The van der Waals surface area contributed by atoms with Gasteiger partial charge in [0.2, 0.25) is 5.91 Å². The van der Waals surface area contributed by atoms with Crippen LogP contribution in [-0.4, -0.2) is 26.2 Å². The number of primary amides is 1. The molecule has 0 atom stereocenters. The molecule has 5 heteroatoms. The SMILES string of the molecule is COc1ccc(Sc2cccc(C3(C(N)=O)CCOCC3)c2)cc1. The largest absolute Gasteiger partial charge is 0.497 e. The summed E-state index contributed by atoms with van der Waals surface area (Å²) >= 11 is 1.66. The first-order valence-electron chi connectivity index (χ1n) is 7.94. The Labute approximate surface area is 146 Å². The Kier molecular flexibility index (Phi) is 5.11. The van der Waals surface area contributed by atoms with Gasteiger partial charge in [-0.2, -0.15) is 0 Å². The molecule has 0 aliphatic carbocycles. The molecule has 1 fully saturated rings. The fourth-order valence-corrected chi connectivity index (χ4v) is 3.91. The van der Waals surface area contributed by atoms with E-state index < -0.39 is 5.41 Å². The molecular weight excluding hydrogens is 322 g/mol. The van der Waals surface area contributed by atoms with Crippen molar-refractivity contribution in [2.24, 2.45) is 5.73 Å². The van der Waals surface area contributed by atoms with E-state index in [1.165, 1.54) is 0 Å². The summed E-state index contributed by atoms with van der Waals surface area (Å²) in [5.41, 5.74) is 6.12. The number of carbonyl (C=O) groups is 1. The first-order valence-corrected chi connectivity index (χ1v) is 8.76. The minimum atomic E-state index is -0.616. The van der Waals surface area contributed by atoms with Crippen LogP contribution >= 0.6 is 11.8 Å². The van der Waals surface area contributed by atoms with Gasteiger partial charge in [0, 0.05) is 23.0 Å². The predicted molar refractivity (Wildman–Crippen MR) is 94.5 cm³/mol. The van der Waals surface area contributed by atoms with Crippen molar-refractivity contribution in [2.45, 2.75) is 28.0 Å². The molecule has 3 rings (SSSR count). The van der Waals surface area contributed by atoms with E-state index in [1.807, 2.05) is 42.5 Å². The van der Waals surface area contributed by atoms with Gasteiger partial charge in [-0.15, -0.1) is 0 Å². The Morgan fingerprint density at radius 2 is 1.83 bits per heavy atom. The van der Waals surface area contributed by atoms with Gasteiger partial charge in [-0.3, -0.25) is 4.79 Å². The maximum atomic E-state index is 12.2. The molecule has 1 saturated heterocycles. The van der Waals surface area contributed by atoms with Gasteiger partial charge in [-0.05, 0) is 54.8 Å². The number of nitrogens with two attached hydrogens (primary N) is 1. The Bertz CT molecular complexity index is 709. The van der Waals surface area contributed by atoms with E-state index in [9.17, 15) is 4.79 Å². The molecule has 2 aromatic carbocycles. The van der Waals surface area contributed by atoms with Crippen molar-refractivity contribution < 1.29 is 14.3 Å². The Hall–Kier alpha value is -1.98. The molecule has 1 amide bonds. The minimum Gasteiger partial charge on any atom is -0.497 e. The third-order valence-corrected chi connectivity index (χ3v) is 5.50. The Balaban J connectivity index is 1.86. The Morgan fingerprint density at radius 1 is 1.12 bits per heavy atom. The molecule has 0 aromatic heterocycles. The molecule has 0 radical (unpaired) electrons. The second-order valence-electron chi connectivity index (χ2n) is 5.86. The van der Waals surface area contributed by atoms with E-state index in [2.05, 4.69) is 6.07 Å². The number of hydrogen-bond acceptors (Lipinski definition) is 4. The quantitative estimate of drug-likeness (QED) is 0.904. The van der Waals surface area contributed by atoms with Crippen LogP contribution in [0.1, 0.15) is 18.4 Å². The lowest BCUT2D eigenvalue weighted by atomic mass is 9.73. The number of ether oxygens (including phenoxy) is 2. The highest BCUT2D eigenvalue weighted by molar-refractivity contribution is 7.99. The highest BCUT2D eigenvalue weighted by Crippen LogP contribution is 2.37. The molecular formula is C19H21NO3S. The van der Waals surface area contributed by atoms with E-state index in [0.717, 1.165) is 21.1 Å². The van der Waals surface area contributed by atoms with Crippen molar-refractivity contribution in [3.8, 4) is 5.75 Å². The van der Waals surface area contributed by atoms with Gasteiger partial charge in [0.1, 0.15) is 5.75 Å². The van der Waals surface area contributed by atoms with E-state index in [4.69, 9.17) is 15.2 Å². The molecule has 1 heterocycles. The number of carbonyl (C=O) groups excluding carboxylic acids is 1. The van der Waals surface area contributed by atoms with Crippen molar-refractivity contribution in [1.82, 2.24) is 0 Å². The number of rotatable bonds is 5. The Morgan fingerprint density at radius 3 is 2.46 bits per heavy atom. The highest BCUT2D eigenvalue weighted by Gasteiger charge is 2.40. The fraction of sp³-hybridized carbons (Fsp3) is 0.316. The molecule has 0 saturated carbocycles. The number of amides is 1. The molecule has 0 spiro atoms. The van der Waals surface area contributed by atoms with Crippen molar-refractivity contribution in [3.63, 3.8) is 0 Å². The fourth-order valence-electron chi connectivity index (χ4n) is 3.03. The third-order valence-electron chi connectivity index (χ3n) is 4.50. The van der Waals surface area contributed by atoms with Crippen molar-refractivity contribution in [2.75, 3.05) is 20.3 Å². The molecule has 1 aliphatic heterocycles. The first kappa shape index (κ1) is 16.9. The third kappa shape index (κ3) is 3.42. The minimum absolute atomic E-state index is 0.266. The van der Waals surface area contributed by atoms with E-state index >= 15 is 0 Å². The molecule has 4 nitrogen and oxygen atoms in total. The average Bonchev–Trinajstić information content (AvgIpc) is 2.63. The second kappa shape index (κ2) is 7.28. The summed E-state index contributed by atoms with van der Waals surface area (Å²) in [6.07, 6.45) is 1.28. The molecule has 0 unspecified atom stereocenters. The van der Waals surface area contributed by atoms with Crippen molar-refractivity contribution in [1.29, 1.82) is 0 Å². The molecule has 2 aromatic rings. The zero-order chi connectivity index (χ0) is 17.0. The summed E-state index contributed by atoms with van der Waals surface area (Å²) in [6.45, 7) is 1.14. The van der Waals surface area contributed by atoms with Crippen LogP contribution in [-0.2, 0) is 14.9 Å². The lowest BCUT2D eigenvalue weighted by Crippen LogP contribution is -2.45. The molecule has 0 bridgehead atoms. The van der Waals surface area contributed by atoms with Crippen molar-refractivity contribution >= 4 is 17.7 Å². The van der Waals surface area contributed by atoms with Crippen molar-refractivity contribution in [3.05, 3.63) is 54.1 Å². The van der Waals surface area contributed by atoms with Crippen LogP contribution in [0.25, 0.3) is 0 Å². The summed E-state index contributed by atoms with van der Waals surface area (Å²) < 4.78 is 10.6. The smallest absolute Gasteiger partial charge is 0.228 e. The van der Waals surface area contributed by atoms with Gasteiger partial charge < -0.3 is 15.2 Å². The zero-order valence-electron chi connectivity index (χ0n) is 13.7. The topological polar surface area (TPSA) is 61.5 Å². The standard InChI is InChI=1S/C19H21NO3S/c1-22-15-5-7-16(8-6-15)24-17-4-2-3-14(13-17)19(18(20)21)9-11-23-12-10-19/h2-8,13H,9-12H2,1H3,(H2,20,21). The van der Waals surface area contributed by atoms with Crippen LogP contribution in [0.15, 0.2) is 58.3 Å². The van der Waals surface area contributed by atoms with Gasteiger partial charge in [-0.25, -0.2) is 0 Å². The van der Waals surface area contributed by atoms with Crippen LogP contribution in [0, 0.1) is 0 Å². The first-order chi connectivity index (χ1) is 11.6. The molecule has 1 aliphatic rings. The highest BCUT2D eigenvalue weighted by atomic mass is 32.2. The number of methoxy groups -OCH3 is 1. The zero-order valence-corrected chi connectivity index (χ0v) is 14.5. The molecule has 126 valence electrons. The van der Waals surface area contributed by atoms with Gasteiger partial charge in [0.15, 0.2) is 0 Å². The van der Waals surface area contributed by atoms with Crippen LogP contribution in [0.3, 0.4) is 0 Å². The van der Waals surface area contributed by atoms with Gasteiger partial charge in [0.25, 0.3) is 0 Å². The summed E-state index contributed by atoms with van der Waals surface area (Å²) in [5, 5.41) is 0. The normalized spacial score (nSPS) is 16.5.